The van der Waals surface area contributed by atoms with Gasteiger partial charge in [0.2, 0.25) is 0 Å². The first-order valence-corrected chi connectivity index (χ1v) is 25.6. The molecular formula is C63H74BN3. The van der Waals surface area contributed by atoms with Gasteiger partial charge in [-0.2, -0.15) is 0 Å². The topological polar surface area (TPSA) is 9.72 Å². The second-order valence-corrected chi connectivity index (χ2v) is 26.2. The van der Waals surface area contributed by atoms with Crippen molar-refractivity contribution in [3.05, 3.63) is 149 Å². The summed E-state index contributed by atoms with van der Waals surface area (Å²) in [5.41, 5.74) is 23.2. The molecule has 67 heavy (non-hydrogen) atoms. The van der Waals surface area contributed by atoms with Gasteiger partial charge in [-0.25, -0.2) is 0 Å². The Morgan fingerprint density at radius 2 is 0.970 bits per heavy atom. The third kappa shape index (κ3) is 6.43. The molecular weight excluding hydrogens is 810 g/mol. The number of rotatable bonds is 3. The third-order valence-electron chi connectivity index (χ3n) is 17.9. The van der Waals surface area contributed by atoms with Gasteiger partial charge >= 0.3 is 0 Å². The van der Waals surface area contributed by atoms with E-state index in [-0.39, 0.29) is 44.7 Å². The molecule has 6 aromatic rings. The highest BCUT2D eigenvalue weighted by Crippen LogP contribution is 2.63. The predicted molar refractivity (Wildman–Crippen MR) is 290 cm³/mol. The van der Waals surface area contributed by atoms with Crippen molar-refractivity contribution in [3.8, 4) is 0 Å². The molecule has 0 radical (unpaired) electrons. The van der Waals surface area contributed by atoms with Gasteiger partial charge in [-0.1, -0.05) is 164 Å². The zero-order chi connectivity index (χ0) is 47.6. The fraction of sp³-hybridized carbons (Fsp3) is 0.429. The van der Waals surface area contributed by atoms with Crippen LogP contribution < -0.4 is 31.1 Å². The van der Waals surface area contributed by atoms with Crippen molar-refractivity contribution in [1.82, 2.24) is 0 Å². The fourth-order valence-corrected chi connectivity index (χ4v) is 13.3. The minimum absolute atomic E-state index is 0.0113. The van der Waals surface area contributed by atoms with Gasteiger partial charge in [0.05, 0.1) is 5.54 Å². The Morgan fingerprint density at radius 1 is 0.418 bits per heavy atom. The van der Waals surface area contributed by atoms with Crippen molar-refractivity contribution in [1.29, 1.82) is 0 Å². The summed E-state index contributed by atoms with van der Waals surface area (Å²) >= 11 is 0. The zero-order valence-electron chi connectivity index (χ0n) is 43.4. The summed E-state index contributed by atoms with van der Waals surface area (Å²) in [5, 5.41) is 0. The van der Waals surface area contributed by atoms with Crippen LogP contribution in [0.15, 0.2) is 115 Å². The molecule has 4 heteroatoms. The Kier molecular flexibility index (Phi) is 9.38. The van der Waals surface area contributed by atoms with Crippen molar-refractivity contribution in [3.63, 3.8) is 0 Å². The molecule has 2 unspecified atom stereocenters. The van der Waals surface area contributed by atoms with E-state index in [2.05, 4.69) is 234 Å². The lowest BCUT2D eigenvalue weighted by Gasteiger charge is -2.48. The van der Waals surface area contributed by atoms with Gasteiger partial charge < -0.3 is 14.7 Å². The quantitative estimate of drug-likeness (QED) is 0.164. The molecule has 344 valence electrons. The summed E-state index contributed by atoms with van der Waals surface area (Å²) in [6, 6.07) is 46.3. The number of anilines is 8. The number of fused-ring (bicyclic) bond motifs is 8. The maximum Gasteiger partial charge on any atom is 0.252 e. The summed E-state index contributed by atoms with van der Waals surface area (Å²) in [6.45, 7) is 36.4. The van der Waals surface area contributed by atoms with E-state index in [9.17, 15) is 0 Å². The molecule has 0 bridgehead atoms. The summed E-state index contributed by atoms with van der Waals surface area (Å²) in [5.74, 6) is 0. The first-order chi connectivity index (χ1) is 31.3. The molecule has 5 aliphatic rings. The van der Waals surface area contributed by atoms with Gasteiger partial charge in [-0.3, -0.25) is 0 Å². The molecule has 3 heterocycles. The Bertz CT molecular complexity index is 3010. The van der Waals surface area contributed by atoms with E-state index in [0.29, 0.717) is 0 Å². The molecule has 1 fully saturated rings. The van der Waals surface area contributed by atoms with Gasteiger partial charge in [-0.15, -0.1) is 0 Å². The maximum atomic E-state index is 2.82. The van der Waals surface area contributed by atoms with Crippen molar-refractivity contribution in [2.45, 2.75) is 174 Å². The molecule has 0 aromatic heterocycles. The number of hydrogen-bond acceptors (Lipinski definition) is 3. The van der Waals surface area contributed by atoms with Crippen LogP contribution in [0, 0.1) is 0 Å². The average molecular weight is 884 g/mol. The third-order valence-corrected chi connectivity index (χ3v) is 17.9. The van der Waals surface area contributed by atoms with Gasteiger partial charge in [-0.05, 0) is 164 Å². The highest BCUT2D eigenvalue weighted by molar-refractivity contribution is 7.00. The molecule has 6 aromatic carbocycles. The van der Waals surface area contributed by atoms with Crippen LogP contribution in [0.3, 0.4) is 0 Å². The number of hydrogen-bond donors (Lipinski definition) is 0. The summed E-state index contributed by atoms with van der Waals surface area (Å²) in [7, 11) is 0. The summed E-state index contributed by atoms with van der Waals surface area (Å²) < 4.78 is 0. The monoisotopic (exact) mass is 884 g/mol. The maximum absolute atomic E-state index is 2.82. The summed E-state index contributed by atoms with van der Waals surface area (Å²) in [4.78, 5) is 8.16. The Labute approximate surface area is 404 Å². The second kappa shape index (κ2) is 14.2. The smallest absolute Gasteiger partial charge is 0.252 e. The van der Waals surface area contributed by atoms with Crippen molar-refractivity contribution >= 4 is 68.6 Å². The van der Waals surface area contributed by atoms with E-state index in [4.69, 9.17) is 0 Å². The Hall–Kier alpha value is -5.22. The number of benzene rings is 6. The van der Waals surface area contributed by atoms with Crippen LogP contribution in [0.2, 0.25) is 0 Å². The molecule has 0 saturated heterocycles. The van der Waals surface area contributed by atoms with E-state index in [1.54, 1.807) is 0 Å². The number of para-hydroxylation sites is 1. The molecule has 11 rings (SSSR count). The van der Waals surface area contributed by atoms with Gasteiger partial charge in [0.1, 0.15) is 0 Å². The van der Waals surface area contributed by atoms with E-state index < -0.39 is 0 Å². The molecule has 3 nitrogen and oxygen atoms in total. The van der Waals surface area contributed by atoms with E-state index >= 15 is 0 Å². The van der Waals surface area contributed by atoms with E-state index in [0.717, 1.165) is 6.42 Å². The predicted octanol–water partition coefficient (Wildman–Crippen LogP) is 15.4. The SMILES string of the molecule is CC(C)(C)c1cccc(N2c3cc(C(C)(C)C)ccc3B3c4cc5c(cc4N(c4ccccc4)c4cc(N6c7ccc(C(C)(C)C)cc7C7(C)CCCC67C)cc2c43)C(C)(C)CCC5(C)C)c1. The zero-order valence-corrected chi connectivity index (χ0v) is 43.4. The number of nitrogens with zero attached hydrogens (tertiary/aromatic N) is 3. The van der Waals surface area contributed by atoms with Crippen molar-refractivity contribution in [2.24, 2.45) is 0 Å². The molecule has 0 spiro atoms. The van der Waals surface area contributed by atoms with Crippen LogP contribution >= 0.6 is 0 Å². The highest BCUT2D eigenvalue weighted by Gasteiger charge is 2.60. The average Bonchev–Trinajstić information content (AvgIpc) is 3.67. The largest absolute Gasteiger partial charge is 0.334 e. The Morgan fingerprint density at radius 3 is 1.61 bits per heavy atom. The normalized spacial score (nSPS) is 22.2. The van der Waals surface area contributed by atoms with E-state index in [1.807, 2.05) is 0 Å². The highest BCUT2D eigenvalue weighted by atomic mass is 15.3. The van der Waals surface area contributed by atoms with Crippen LogP contribution in [0.25, 0.3) is 0 Å². The fourth-order valence-electron chi connectivity index (χ4n) is 13.3. The lowest BCUT2D eigenvalue weighted by atomic mass is 9.33. The van der Waals surface area contributed by atoms with Crippen LogP contribution in [-0.2, 0) is 32.5 Å². The lowest BCUT2D eigenvalue weighted by Crippen LogP contribution is -2.62. The van der Waals surface area contributed by atoms with Crippen molar-refractivity contribution < 1.29 is 0 Å². The van der Waals surface area contributed by atoms with Crippen LogP contribution in [-0.4, -0.2) is 12.3 Å². The Balaban J connectivity index is 1.29. The van der Waals surface area contributed by atoms with Crippen LogP contribution in [0.5, 0.6) is 0 Å². The minimum atomic E-state index is -0.103. The van der Waals surface area contributed by atoms with Gasteiger partial charge in [0.25, 0.3) is 6.71 Å². The van der Waals surface area contributed by atoms with Gasteiger partial charge in [0, 0.05) is 50.9 Å². The summed E-state index contributed by atoms with van der Waals surface area (Å²) in [6.07, 6.45) is 5.91. The van der Waals surface area contributed by atoms with Crippen molar-refractivity contribution in [2.75, 3.05) is 14.7 Å². The van der Waals surface area contributed by atoms with E-state index in [1.165, 1.54) is 121 Å². The molecule has 2 aliphatic carbocycles. The standard InChI is InChI=1S/C63H74BN3/c1-57(2,3)40-21-19-24-44(33-40)66-52-35-42(59(7,8)9)25-27-49(52)64-50-38-46-47(61(12,13)32-31-60(46,10)11)39-53(50)65(43-22-17-16-18-23-43)54-36-45(37-55(66)56(54)64)67-51-28-26-41(58(4,5)6)34-48(51)62(14)29-20-30-63(62,67)15/h16-19,21-28,33-39H,20,29-32H2,1-15H3. The minimum Gasteiger partial charge on any atom is -0.334 e. The second-order valence-electron chi connectivity index (χ2n) is 26.2. The first-order valence-electron chi connectivity index (χ1n) is 25.6. The van der Waals surface area contributed by atoms with Crippen LogP contribution in [0.1, 0.15) is 169 Å². The van der Waals surface area contributed by atoms with Crippen LogP contribution in [0.4, 0.5) is 45.5 Å². The first kappa shape index (κ1) is 44.3. The molecule has 3 aliphatic heterocycles. The molecule has 0 N–H and O–H groups in total. The molecule has 0 amide bonds. The molecule has 1 saturated carbocycles. The molecule has 2 atom stereocenters. The lowest BCUT2D eigenvalue weighted by molar-refractivity contribution is 0.330. The van der Waals surface area contributed by atoms with Gasteiger partial charge in [0.15, 0.2) is 0 Å².